The van der Waals surface area contributed by atoms with Crippen LogP contribution in [0.3, 0.4) is 0 Å². The molecule has 2 aromatic rings. The quantitative estimate of drug-likeness (QED) is 0.509. The Morgan fingerprint density at radius 1 is 1.09 bits per heavy atom. The summed E-state index contributed by atoms with van der Waals surface area (Å²) in [6.45, 7) is 9.46. The van der Waals surface area contributed by atoms with Crippen LogP contribution < -0.4 is 4.74 Å². The van der Waals surface area contributed by atoms with Crippen molar-refractivity contribution >= 4 is 6.29 Å². The van der Waals surface area contributed by atoms with Gasteiger partial charge in [0.1, 0.15) is 12.0 Å². The van der Waals surface area contributed by atoms with Crippen molar-refractivity contribution in [1.82, 2.24) is 0 Å². The van der Waals surface area contributed by atoms with E-state index in [1.807, 2.05) is 24.3 Å². The van der Waals surface area contributed by atoms with E-state index >= 15 is 0 Å². The van der Waals surface area contributed by atoms with E-state index in [2.05, 4.69) is 45.9 Å². The molecule has 23 heavy (non-hydrogen) atoms. The van der Waals surface area contributed by atoms with Crippen molar-refractivity contribution < 1.29 is 9.53 Å². The van der Waals surface area contributed by atoms with E-state index in [9.17, 15) is 4.79 Å². The molecule has 2 nitrogen and oxygen atoms in total. The zero-order chi connectivity index (χ0) is 16.9. The number of carbonyl (C=O) groups excluding carboxylic acids is 1. The van der Waals surface area contributed by atoms with Gasteiger partial charge in [0.15, 0.2) is 0 Å². The van der Waals surface area contributed by atoms with Crippen LogP contribution in [0.15, 0.2) is 42.5 Å². The first-order valence-corrected chi connectivity index (χ1v) is 8.29. The lowest BCUT2D eigenvalue weighted by atomic mass is 9.84. The lowest BCUT2D eigenvalue weighted by Crippen LogP contribution is -2.14. The zero-order valence-corrected chi connectivity index (χ0v) is 14.6. The second-order valence-electron chi connectivity index (χ2n) is 6.88. The number of hydrogen-bond acceptors (Lipinski definition) is 2. The van der Waals surface area contributed by atoms with Crippen molar-refractivity contribution in [3.63, 3.8) is 0 Å². The van der Waals surface area contributed by atoms with E-state index in [0.29, 0.717) is 12.2 Å². The Labute approximate surface area is 139 Å². The molecule has 0 spiro atoms. The minimum atomic E-state index is -0.000171. The van der Waals surface area contributed by atoms with Gasteiger partial charge in [0.05, 0.1) is 6.61 Å². The van der Waals surface area contributed by atoms with Crippen LogP contribution in [-0.2, 0) is 5.41 Å². The molecule has 0 atom stereocenters. The van der Waals surface area contributed by atoms with Gasteiger partial charge in [-0.2, -0.15) is 0 Å². The first kappa shape index (κ1) is 17.3. The van der Waals surface area contributed by atoms with Crippen molar-refractivity contribution in [2.45, 2.75) is 46.0 Å². The highest BCUT2D eigenvalue weighted by molar-refractivity contribution is 5.81. The molecule has 2 rings (SSSR count). The van der Waals surface area contributed by atoms with Gasteiger partial charge in [0.25, 0.3) is 0 Å². The van der Waals surface area contributed by atoms with Crippen LogP contribution in [0.25, 0.3) is 11.1 Å². The third-order valence-corrected chi connectivity index (χ3v) is 3.90. The number of para-hydroxylation sites is 1. The van der Waals surface area contributed by atoms with Crippen LogP contribution >= 0.6 is 0 Å². The molecular weight excluding hydrogens is 284 g/mol. The van der Waals surface area contributed by atoms with Gasteiger partial charge in [-0.05, 0) is 23.5 Å². The summed E-state index contributed by atoms with van der Waals surface area (Å²) in [5.74, 6) is 0.941. The molecule has 0 heterocycles. The Bertz CT molecular complexity index is 666. The molecule has 0 radical (unpaired) electrons. The monoisotopic (exact) mass is 310 g/mol. The number of rotatable bonds is 6. The van der Waals surface area contributed by atoms with Crippen molar-refractivity contribution in [2.24, 2.45) is 0 Å². The lowest BCUT2D eigenvalue weighted by molar-refractivity contribution is 0.112. The Morgan fingerprint density at radius 2 is 1.83 bits per heavy atom. The fourth-order valence-corrected chi connectivity index (χ4v) is 2.61. The molecule has 0 aliphatic heterocycles. The second-order valence-corrected chi connectivity index (χ2v) is 6.88. The van der Waals surface area contributed by atoms with Crippen molar-refractivity contribution in [2.75, 3.05) is 6.61 Å². The average molecular weight is 310 g/mol. The highest BCUT2D eigenvalue weighted by Crippen LogP contribution is 2.39. The minimum Gasteiger partial charge on any atom is -0.493 e. The average Bonchev–Trinajstić information content (AvgIpc) is 2.54. The fourth-order valence-electron chi connectivity index (χ4n) is 2.61. The van der Waals surface area contributed by atoms with Gasteiger partial charge < -0.3 is 4.74 Å². The van der Waals surface area contributed by atoms with Gasteiger partial charge in [-0.15, -0.1) is 0 Å². The summed E-state index contributed by atoms with van der Waals surface area (Å²) in [4.78, 5) is 11.1. The molecule has 0 fully saturated rings. The first-order chi connectivity index (χ1) is 11.0. The number of unbranched alkanes of at least 4 members (excludes halogenated alkanes) is 1. The summed E-state index contributed by atoms with van der Waals surface area (Å²) in [7, 11) is 0. The number of carbonyl (C=O) groups is 1. The molecular formula is C21H26O2. The molecule has 0 saturated heterocycles. The normalized spacial score (nSPS) is 11.3. The maximum atomic E-state index is 11.1. The first-order valence-electron chi connectivity index (χ1n) is 8.29. The van der Waals surface area contributed by atoms with E-state index in [0.717, 1.165) is 36.0 Å². The maximum absolute atomic E-state index is 11.1. The van der Waals surface area contributed by atoms with E-state index in [-0.39, 0.29) is 5.41 Å². The summed E-state index contributed by atoms with van der Waals surface area (Å²) in [5.41, 5.74) is 3.95. The third kappa shape index (κ3) is 4.22. The summed E-state index contributed by atoms with van der Waals surface area (Å²) in [5, 5.41) is 0. The molecule has 0 aliphatic carbocycles. The van der Waals surface area contributed by atoms with Crippen LogP contribution in [0.2, 0.25) is 0 Å². The minimum absolute atomic E-state index is 0.000171. The number of ether oxygens (including phenoxy) is 1. The van der Waals surface area contributed by atoms with Crippen molar-refractivity contribution in [1.29, 1.82) is 0 Å². The van der Waals surface area contributed by atoms with E-state index in [1.165, 1.54) is 5.56 Å². The highest BCUT2D eigenvalue weighted by Gasteiger charge is 2.22. The van der Waals surface area contributed by atoms with Gasteiger partial charge >= 0.3 is 0 Å². The molecule has 122 valence electrons. The Hall–Kier alpha value is -2.09. The second kappa shape index (κ2) is 7.45. The third-order valence-electron chi connectivity index (χ3n) is 3.90. The molecule has 0 saturated carbocycles. The van der Waals surface area contributed by atoms with Gasteiger partial charge in [0, 0.05) is 16.7 Å². The van der Waals surface area contributed by atoms with E-state index in [1.54, 1.807) is 0 Å². The zero-order valence-electron chi connectivity index (χ0n) is 14.6. The molecule has 2 heteroatoms. The highest BCUT2D eigenvalue weighted by atomic mass is 16.5. The van der Waals surface area contributed by atoms with Crippen LogP contribution in [0, 0.1) is 0 Å². The number of aldehydes is 1. The predicted molar refractivity (Wildman–Crippen MR) is 96.4 cm³/mol. The summed E-state index contributed by atoms with van der Waals surface area (Å²) in [6.07, 6.45) is 3.02. The Balaban J connectivity index is 2.54. The van der Waals surface area contributed by atoms with Gasteiger partial charge in [0.2, 0.25) is 0 Å². The number of benzene rings is 2. The molecule has 0 aromatic heterocycles. The lowest BCUT2D eigenvalue weighted by Gasteiger charge is -2.25. The smallest absolute Gasteiger partial charge is 0.150 e. The maximum Gasteiger partial charge on any atom is 0.150 e. The van der Waals surface area contributed by atoms with Gasteiger partial charge in [-0.3, -0.25) is 4.79 Å². The molecule has 0 amide bonds. The van der Waals surface area contributed by atoms with Crippen LogP contribution in [0.5, 0.6) is 5.75 Å². The summed E-state index contributed by atoms with van der Waals surface area (Å²) < 4.78 is 6.17. The fraction of sp³-hybridized carbons (Fsp3) is 0.381. The van der Waals surface area contributed by atoms with E-state index in [4.69, 9.17) is 4.74 Å². The van der Waals surface area contributed by atoms with E-state index < -0.39 is 0 Å². The van der Waals surface area contributed by atoms with Crippen molar-refractivity contribution in [3.05, 3.63) is 53.6 Å². The summed E-state index contributed by atoms with van der Waals surface area (Å²) in [6, 6.07) is 14.0. The Morgan fingerprint density at radius 3 is 2.48 bits per heavy atom. The molecule has 0 aliphatic rings. The standard InChI is InChI=1S/C21H26O2/c1-5-6-13-23-20-18(11-8-12-19(20)21(2,3)4)17-10-7-9-16(14-17)15-22/h7-12,14-15H,5-6,13H2,1-4H3. The summed E-state index contributed by atoms with van der Waals surface area (Å²) >= 11 is 0. The largest absolute Gasteiger partial charge is 0.493 e. The number of hydrogen-bond donors (Lipinski definition) is 0. The molecule has 0 bridgehead atoms. The molecule has 0 unspecified atom stereocenters. The molecule has 0 N–H and O–H groups in total. The predicted octanol–water partition coefficient (Wildman–Crippen LogP) is 5.64. The Kier molecular flexibility index (Phi) is 5.59. The molecule has 2 aromatic carbocycles. The van der Waals surface area contributed by atoms with Crippen LogP contribution in [-0.4, -0.2) is 12.9 Å². The van der Waals surface area contributed by atoms with Gasteiger partial charge in [-0.1, -0.05) is 70.5 Å². The van der Waals surface area contributed by atoms with Gasteiger partial charge in [-0.25, -0.2) is 0 Å². The van der Waals surface area contributed by atoms with Crippen LogP contribution in [0.4, 0.5) is 0 Å². The SMILES string of the molecule is CCCCOc1c(-c2cccc(C=O)c2)cccc1C(C)(C)C. The van der Waals surface area contributed by atoms with Crippen LogP contribution in [0.1, 0.15) is 56.5 Å². The topological polar surface area (TPSA) is 26.3 Å². The van der Waals surface area contributed by atoms with Crippen molar-refractivity contribution in [3.8, 4) is 16.9 Å².